The van der Waals surface area contributed by atoms with Gasteiger partial charge in [0.25, 0.3) is 0 Å². The quantitative estimate of drug-likeness (QED) is 0.783. The van der Waals surface area contributed by atoms with Crippen LogP contribution in [0.4, 0.5) is 5.69 Å². The van der Waals surface area contributed by atoms with E-state index in [9.17, 15) is 13.2 Å². The number of hydrogen-bond donors (Lipinski definition) is 2. The zero-order chi connectivity index (χ0) is 17.7. The Morgan fingerprint density at radius 3 is 2.52 bits per heavy atom. The number of benzene rings is 1. The van der Waals surface area contributed by atoms with Crippen molar-refractivity contribution < 1.29 is 13.2 Å². The molecule has 2 rings (SSSR count). The first-order chi connectivity index (χ1) is 11.4. The minimum absolute atomic E-state index is 0. The van der Waals surface area contributed by atoms with Gasteiger partial charge >= 0.3 is 0 Å². The van der Waals surface area contributed by atoms with Gasteiger partial charge in [-0.25, -0.2) is 8.42 Å². The highest BCUT2D eigenvalue weighted by Crippen LogP contribution is 2.26. The van der Waals surface area contributed by atoms with Crippen molar-refractivity contribution in [2.45, 2.75) is 51.0 Å². The molecule has 6 nitrogen and oxygen atoms in total. The van der Waals surface area contributed by atoms with Gasteiger partial charge in [-0.1, -0.05) is 13.0 Å². The predicted molar refractivity (Wildman–Crippen MR) is 103 cm³/mol. The maximum atomic E-state index is 13.2. The summed E-state index contributed by atoms with van der Waals surface area (Å²) in [4.78, 5) is 11.6. The molecule has 1 saturated heterocycles. The Hall–Kier alpha value is -1.15. The van der Waals surface area contributed by atoms with Gasteiger partial charge in [-0.15, -0.1) is 12.4 Å². The van der Waals surface area contributed by atoms with E-state index in [4.69, 9.17) is 0 Å². The third kappa shape index (κ3) is 5.41. The van der Waals surface area contributed by atoms with Gasteiger partial charge in [0.2, 0.25) is 15.9 Å². The van der Waals surface area contributed by atoms with Crippen molar-refractivity contribution in [3.05, 3.63) is 23.8 Å². The number of carbonyl (C=O) groups excluding carboxylic acids is 1. The first-order valence-electron chi connectivity index (χ1n) is 8.47. The maximum Gasteiger partial charge on any atom is 0.243 e. The average molecular weight is 390 g/mol. The lowest BCUT2D eigenvalue weighted by Gasteiger charge is -2.33. The molecule has 1 aliphatic rings. The van der Waals surface area contributed by atoms with Crippen molar-refractivity contribution in [1.82, 2.24) is 9.62 Å². The van der Waals surface area contributed by atoms with E-state index in [1.807, 2.05) is 13.8 Å². The SMILES string of the molecule is CCCN(C1CCNCC1)S(=O)(=O)c1ccc(C)c(NC(C)=O)c1.Cl. The average Bonchev–Trinajstić information content (AvgIpc) is 2.54. The lowest BCUT2D eigenvalue weighted by atomic mass is 10.1. The van der Waals surface area contributed by atoms with E-state index in [0.717, 1.165) is 37.9 Å². The summed E-state index contributed by atoms with van der Waals surface area (Å²) in [6.45, 7) is 7.44. The van der Waals surface area contributed by atoms with Crippen LogP contribution in [-0.4, -0.2) is 44.3 Å². The Bertz CT molecular complexity index is 688. The third-order valence-electron chi connectivity index (χ3n) is 4.29. The molecular weight excluding hydrogens is 362 g/mol. The molecule has 1 fully saturated rings. The second kappa shape index (κ2) is 9.52. The second-order valence-electron chi connectivity index (χ2n) is 6.25. The van der Waals surface area contributed by atoms with Crippen LogP contribution in [0.15, 0.2) is 23.1 Å². The molecule has 2 N–H and O–H groups in total. The van der Waals surface area contributed by atoms with Crippen LogP contribution in [0, 0.1) is 6.92 Å². The van der Waals surface area contributed by atoms with Gasteiger partial charge in [0, 0.05) is 25.2 Å². The largest absolute Gasteiger partial charge is 0.326 e. The molecule has 1 heterocycles. The van der Waals surface area contributed by atoms with Crippen molar-refractivity contribution in [2.24, 2.45) is 0 Å². The van der Waals surface area contributed by atoms with Crippen molar-refractivity contribution >= 4 is 34.0 Å². The van der Waals surface area contributed by atoms with E-state index in [0.29, 0.717) is 12.2 Å². The normalized spacial score (nSPS) is 15.7. The van der Waals surface area contributed by atoms with E-state index < -0.39 is 10.0 Å². The van der Waals surface area contributed by atoms with E-state index in [-0.39, 0.29) is 29.3 Å². The zero-order valence-electron chi connectivity index (χ0n) is 15.0. The van der Waals surface area contributed by atoms with E-state index in [1.54, 1.807) is 22.5 Å². The summed E-state index contributed by atoms with van der Waals surface area (Å²) in [5.41, 5.74) is 1.39. The van der Waals surface area contributed by atoms with Crippen LogP contribution < -0.4 is 10.6 Å². The Kier molecular flexibility index (Phi) is 8.34. The van der Waals surface area contributed by atoms with Crippen molar-refractivity contribution in [3.63, 3.8) is 0 Å². The highest BCUT2D eigenvalue weighted by atomic mass is 35.5. The molecule has 0 radical (unpaired) electrons. The molecule has 8 heteroatoms. The fourth-order valence-electron chi connectivity index (χ4n) is 3.04. The standard InChI is InChI=1S/C17H27N3O3S.ClH/c1-4-11-20(15-7-9-18-10-8-15)24(22,23)16-6-5-13(2)17(12-16)19-14(3)21;/h5-6,12,15,18H,4,7-11H2,1-3H3,(H,19,21);1H. The maximum absolute atomic E-state index is 13.2. The van der Waals surface area contributed by atoms with Gasteiger partial charge in [-0.3, -0.25) is 4.79 Å². The third-order valence-corrected chi connectivity index (χ3v) is 6.23. The van der Waals surface area contributed by atoms with E-state index in [1.165, 1.54) is 6.92 Å². The molecular formula is C17H28ClN3O3S. The number of aryl methyl sites for hydroxylation is 1. The summed E-state index contributed by atoms with van der Waals surface area (Å²) >= 11 is 0. The van der Waals surface area contributed by atoms with E-state index in [2.05, 4.69) is 10.6 Å². The van der Waals surface area contributed by atoms with Crippen LogP contribution in [0.1, 0.15) is 38.7 Å². The van der Waals surface area contributed by atoms with Gasteiger partial charge in [0.15, 0.2) is 0 Å². The molecule has 1 aromatic rings. The summed E-state index contributed by atoms with van der Waals surface area (Å²) in [6, 6.07) is 4.96. The Morgan fingerprint density at radius 2 is 1.96 bits per heavy atom. The van der Waals surface area contributed by atoms with Gasteiger partial charge < -0.3 is 10.6 Å². The number of hydrogen-bond acceptors (Lipinski definition) is 4. The fourth-order valence-corrected chi connectivity index (χ4v) is 4.84. The molecule has 0 atom stereocenters. The predicted octanol–water partition coefficient (Wildman–Crippen LogP) is 2.53. The molecule has 0 bridgehead atoms. The van der Waals surface area contributed by atoms with Gasteiger partial charge in [-0.2, -0.15) is 4.31 Å². The van der Waals surface area contributed by atoms with E-state index >= 15 is 0 Å². The number of carbonyl (C=O) groups is 1. The summed E-state index contributed by atoms with van der Waals surface area (Å²) < 4.78 is 28.0. The summed E-state index contributed by atoms with van der Waals surface area (Å²) in [7, 11) is -3.58. The molecule has 0 aliphatic carbocycles. The molecule has 0 saturated carbocycles. The lowest BCUT2D eigenvalue weighted by molar-refractivity contribution is -0.114. The monoisotopic (exact) mass is 389 g/mol. The van der Waals surface area contributed by atoms with Crippen LogP contribution in [-0.2, 0) is 14.8 Å². The van der Waals surface area contributed by atoms with Crippen LogP contribution >= 0.6 is 12.4 Å². The Morgan fingerprint density at radius 1 is 1.32 bits per heavy atom. The Balaban J connectivity index is 0.00000312. The van der Waals surface area contributed by atoms with Crippen LogP contribution in [0.3, 0.4) is 0 Å². The molecule has 1 aromatic carbocycles. The zero-order valence-corrected chi connectivity index (χ0v) is 16.7. The number of rotatable bonds is 6. The van der Waals surface area contributed by atoms with Crippen LogP contribution in [0.2, 0.25) is 0 Å². The number of nitrogens with one attached hydrogen (secondary N) is 2. The first kappa shape index (κ1) is 21.9. The highest BCUT2D eigenvalue weighted by molar-refractivity contribution is 7.89. The molecule has 1 aliphatic heterocycles. The van der Waals surface area contributed by atoms with Crippen molar-refractivity contribution in [1.29, 1.82) is 0 Å². The van der Waals surface area contributed by atoms with Crippen LogP contribution in [0.25, 0.3) is 0 Å². The van der Waals surface area contributed by atoms with Gasteiger partial charge in [0.1, 0.15) is 0 Å². The molecule has 0 spiro atoms. The number of amides is 1. The molecule has 1 amide bonds. The highest BCUT2D eigenvalue weighted by Gasteiger charge is 2.31. The second-order valence-corrected chi connectivity index (χ2v) is 8.15. The molecule has 25 heavy (non-hydrogen) atoms. The minimum atomic E-state index is -3.58. The number of anilines is 1. The first-order valence-corrected chi connectivity index (χ1v) is 9.91. The van der Waals surface area contributed by atoms with Crippen molar-refractivity contribution in [2.75, 3.05) is 25.0 Å². The summed E-state index contributed by atoms with van der Waals surface area (Å²) in [5, 5.41) is 5.98. The van der Waals surface area contributed by atoms with Gasteiger partial charge in [0.05, 0.1) is 4.90 Å². The number of piperidine rings is 1. The fraction of sp³-hybridized carbons (Fsp3) is 0.588. The Labute approximate surface area is 156 Å². The summed E-state index contributed by atoms with van der Waals surface area (Å²) in [6.07, 6.45) is 2.42. The van der Waals surface area contributed by atoms with Crippen LogP contribution in [0.5, 0.6) is 0 Å². The summed E-state index contributed by atoms with van der Waals surface area (Å²) in [5.74, 6) is -0.212. The lowest BCUT2D eigenvalue weighted by Crippen LogP contribution is -2.46. The molecule has 142 valence electrons. The van der Waals surface area contributed by atoms with Crippen molar-refractivity contribution in [3.8, 4) is 0 Å². The number of halogens is 1. The molecule has 0 aromatic heterocycles. The number of sulfonamides is 1. The van der Waals surface area contributed by atoms with Gasteiger partial charge in [-0.05, 0) is 57.0 Å². The topological polar surface area (TPSA) is 78.5 Å². The number of nitrogens with zero attached hydrogens (tertiary/aromatic N) is 1. The smallest absolute Gasteiger partial charge is 0.243 e. The molecule has 0 unspecified atom stereocenters. The minimum Gasteiger partial charge on any atom is -0.326 e.